The third-order valence-electron chi connectivity index (χ3n) is 13.8. The largest absolute Gasteiger partial charge is 0.472 e. The van der Waals surface area contributed by atoms with Gasteiger partial charge < -0.3 is 19.8 Å². The number of rotatable bonds is 57. The van der Waals surface area contributed by atoms with Crippen LogP contribution in [0, 0.1) is 0 Å². The Morgan fingerprint density at radius 1 is 0.461 bits per heavy atom. The fourth-order valence-corrected chi connectivity index (χ4v) is 9.60. The zero-order chi connectivity index (χ0) is 55.6. The molecule has 3 unspecified atom stereocenters. The van der Waals surface area contributed by atoms with Gasteiger partial charge in [-0.3, -0.25) is 13.8 Å². The molecule has 0 radical (unpaired) electrons. The standard InChI is InChI=1S/C67H121N2O6P/c1-6-8-10-12-14-16-18-20-22-24-26-28-30-32-33-34-35-37-39-41-43-45-47-49-51-53-55-57-59-61-67(71)68-65(64-75-76(72,73)74-63-62-69(3,4)5)66(70)60-58-56-54-52-50-48-46-44-42-40-38-36-31-29-27-25-23-21-19-17-15-13-11-9-7-2/h8,10,14,16,20,22,26,28,32-33,42,44,50,52,58,60,65-66,70H,6-7,9,11-13,15,17-19,21,23-25,27,29-31,34-41,43,45-49,51,53-57,59,61-64H2,1-5H3,(H-,68,71,72,73)/p+1/b10-8-,16-14-,22-20-,28-26-,33-32-,44-42+,52-50+,60-58+. The Labute approximate surface area is 470 Å². The minimum atomic E-state index is -4.37. The smallest absolute Gasteiger partial charge is 0.387 e. The summed E-state index contributed by atoms with van der Waals surface area (Å²) in [6.07, 6.45) is 82.4. The molecule has 3 atom stereocenters. The predicted octanol–water partition coefficient (Wildman–Crippen LogP) is 19.8. The maximum absolute atomic E-state index is 13.0. The molecule has 0 aliphatic carbocycles. The number of carbonyl (C=O) groups is 1. The first kappa shape index (κ1) is 73.4. The van der Waals surface area contributed by atoms with Crippen molar-refractivity contribution in [2.75, 3.05) is 40.9 Å². The Balaban J connectivity index is 4.22. The number of unbranched alkanes of at least 4 members (excludes halogenated alkanes) is 30. The van der Waals surface area contributed by atoms with Crippen LogP contribution < -0.4 is 5.32 Å². The SMILES string of the molecule is CC/C=C\C/C=C\C/C=C\C/C=C\C/C=C\CCCCCCCCCCCCCCCC(=O)NC(COP(=O)(O)OCC[N+](C)(C)C)C(O)/C=C/CC/C=C/CC/C=C/CCCCCCCCCCCCCCCCC. The lowest BCUT2D eigenvalue weighted by Crippen LogP contribution is -2.45. The van der Waals surface area contributed by atoms with Gasteiger partial charge in [0, 0.05) is 6.42 Å². The van der Waals surface area contributed by atoms with Crippen molar-refractivity contribution in [3.63, 3.8) is 0 Å². The van der Waals surface area contributed by atoms with Crippen molar-refractivity contribution in [2.24, 2.45) is 0 Å². The van der Waals surface area contributed by atoms with Crippen molar-refractivity contribution >= 4 is 13.7 Å². The van der Waals surface area contributed by atoms with E-state index in [-0.39, 0.29) is 19.1 Å². The highest BCUT2D eigenvalue weighted by Gasteiger charge is 2.27. The summed E-state index contributed by atoms with van der Waals surface area (Å²) in [5.74, 6) is -0.194. The number of quaternary nitrogens is 1. The number of nitrogens with one attached hydrogen (secondary N) is 1. The summed E-state index contributed by atoms with van der Waals surface area (Å²) < 4.78 is 23.7. The second kappa shape index (κ2) is 57.1. The molecular formula is C67H122N2O6P+. The van der Waals surface area contributed by atoms with E-state index in [0.29, 0.717) is 17.4 Å². The molecule has 0 heterocycles. The van der Waals surface area contributed by atoms with Crippen LogP contribution in [0.15, 0.2) is 97.2 Å². The van der Waals surface area contributed by atoms with Gasteiger partial charge in [0.05, 0.1) is 39.9 Å². The number of phosphoric acid groups is 1. The number of aliphatic hydroxyl groups is 1. The number of aliphatic hydroxyl groups excluding tert-OH is 1. The first-order valence-corrected chi connectivity index (χ1v) is 33.1. The van der Waals surface area contributed by atoms with Crippen LogP contribution in [0.5, 0.6) is 0 Å². The van der Waals surface area contributed by atoms with Gasteiger partial charge in [0.1, 0.15) is 13.2 Å². The van der Waals surface area contributed by atoms with Crippen LogP contribution in [-0.4, -0.2) is 73.4 Å². The lowest BCUT2D eigenvalue weighted by molar-refractivity contribution is -0.870. The number of phosphoric ester groups is 1. The molecule has 76 heavy (non-hydrogen) atoms. The van der Waals surface area contributed by atoms with Gasteiger partial charge in [-0.25, -0.2) is 4.57 Å². The molecule has 3 N–H and O–H groups in total. The van der Waals surface area contributed by atoms with E-state index in [1.165, 1.54) is 173 Å². The monoisotopic (exact) mass is 1080 g/mol. The number of amides is 1. The third kappa shape index (κ3) is 59.1. The molecule has 0 spiro atoms. The van der Waals surface area contributed by atoms with Crippen LogP contribution in [0.2, 0.25) is 0 Å². The van der Waals surface area contributed by atoms with E-state index in [2.05, 4.69) is 104 Å². The van der Waals surface area contributed by atoms with Crippen LogP contribution in [-0.2, 0) is 18.4 Å². The predicted molar refractivity (Wildman–Crippen MR) is 332 cm³/mol. The summed E-state index contributed by atoms with van der Waals surface area (Å²) in [5, 5.41) is 13.9. The first-order chi connectivity index (χ1) is 37.0. The van der Waals surface area contributed by atoms with Gasteiger partial charge in [-0.15, -0.1) is 0 Å². The van der Waals surface area contributed by atoms with Crippen molar-refractivity contribution in [3.05, 3.63) is 97.2 Å². The molecule has 0 saturated carbocycles. The summed E-state index contributed by atoms with van der Waals surface area (Å²) in [6, 6.07) is -0.877. The number of allylic oxidation sites excluding steroid dienone is 15. The van der Waals surface area contributed by atoms with Crippen LogP contribution in [0.3, 0.4) is 0 Å². The van der Waals surface area contributed by atoms with Crippen molar-refractivity contribution < 1.29 is 32.9 Å². The lowest BCUT2D eigenvalue weighted by atomic mass is 10.0. The molecule has 0 bridgehead atoms. The van der Waals surface area contributed by atoms with Crippen LogP contribution in [0.25, 0.3) is 0 Å². The second-order valence-corrected chi connectivity index (χ2v) is 23.8. The number of hydrogen-bond donors (Lipinski definition) is 3. The fraction of sp³-hybridized carbons (Fsp3) is 0.746. The molecular weight excluding hydrogens is 960 g/mol. The topological polar surface area (TPSA) is 105 Å². The maximum atomic E-state index is 13.0. The summed E-state index contributed by atoms with van der Waals surface area (Å²) in [5.41, 5.74) is 0. The Bertz CT molecular complexity index is 1560. The molecule has 1 amide bonds. The van der Waals surface area contributed by atoms with Gasteiger partial charge in [0.15, 0.2) is 0 Å². The summed E-state index contributed by atoms with van der Waals surface area (Å²) in [7, 11) is 1.54. The molecule has 0 aromatic carbocycles. The van der Waals surface area contributed by atoms with Crippen LogP contribution in [0.4, 0.5) is 0 Å². The zero-order valence-electron chi connectivity index (χ0n) is 50.2. The molecule has 9 heteroatoms. The third-order valence-corrected chi connectivity index (χ3v) is 14.7. The Hall–Kier alpha value is -2.58. The van der Waals surface area contributed by atoms with Crippen LogP contribution in [0.1, 0.15) is 271 Å². The quantitative estimate of drug-likeness (QED) is 0.0243. The number of likely N-dealkylation sites (N-methyl/N-ethyl adjacent to an activating group) is 1. The van der Waals surface area contributed by atoms with Crippen molar-refractivity contribution in [1.82, 2.24) is 5.32 Å². The molecule has 0 aromatic rings. The van der Waals surface area contributed by atoms with E-state index in [1.54, 1.807) is 6.08 Å². The molecule has 0 aliphatic rings. The molecule has 0 rings (SSSR count). The molecule has 440 valence electrons. The molecule has 0 aliphatic heterocycles. The maximum Gasteiger partial charge on any atom is 0.472 e. The minimum Gasteiger partial charge on any atom is -0.387 e. The number of carbonyl (C=O) groups excluding carboxylic acids is 1. The van der Waals surface area contributed by atoms with E-state index in [4.69, 9.17) is 9.05 Å². The normalized spacial score (nSPS) is 14.5. The van der Waals surface area contributed by atoms with Gasteiger partial charge in [-0.1, -0.05) is 272 Å². The average Bonchev–Trinajstić information content (AvgIpc) is 3.38. The Morgan fingerprint density at radius 2 is 0.803 bits per heavy atom. The fourth-order valence-electron chi connectivity index (χ4n) is 8.87. The van der Waals surface area contributed by atoms with E-state index < -0.39 is 20.0 Å². The molecule has 0 saturated heterocycles. The van der Waals surface area contributed by atoms with Crippen molar-refractivity contribution in [2.45, 2.75) is 283 Å². The highest BCUT2D eigenvalue weighted by atomic mass is 31.2. The summed E-state index contributed by atoms with van der Waals surface area (Å²) >= 11 is 0. The van der Waals surface area contributed by atoms with E-state index >= 15 is 0 Å². The lowest BCUT2D eigenvalue weighted by Gasteiger charge is -2.25. The minimum absolute atomic E-state index is 0.0496. The highest BCUT2D eigenvalue weighted by molar-refractivity contribution is 7.47. The molecule has 8 nitrogen and oxygen atoms in total. The van der Waals surface area contributed by atoms with Gasteiger partial charge in [0.25, 0.3) is 0 Å². The van der Waals surface area contributed by atoms with E-state index in [0.717, 1.165) is 77.0 Å². The Morgan fingerprint density at radius 3 is 1.21 bits per heavy atom. The van der Waals surface area contributed by atoms with E-state index in [1.807, 2.05) is 27.2 Å². The van der Waals surface area contributed by atoms with Gasteiger partial charge >= 0.3 is 7.82 Å². The van der Waals surface area contributed by atoms with Crippen molar-refractivity contribution in [1.29, 1.82) is 0 Å². The van der Waals surface area contributed by atoms with Gasteiger partial charge in [-0.2, -0.15) is 0 Å². The number of nitrogens with zero attached hydrogens (tertiary/aromatic N) is 1. The van der Waals surface area contributed by atoms with Crippen molar-refractivity contribution in [3.8, 4) is 0 Å². The Kier molecular flexibility index (Phi) is 55.2. The summed E-state index contributed by atoms with van der Waals surface area (Å²) in [6.45, 7) is 4.69. The number of hydrogen-bond acceptors (Lipinski definition) is 5. The average molecular weight is 1080 g/mol. The highest BCUT2D eigenvalue weighted by Crippen LogP contribution is 2.43. The van der Waals surface area contributed by atoms with E-state index in [9.17, 15) is 19.4 Å². The first-order valence-electron chi connectivity index (χ1n) is 31.6. The second-order valence-electron chi connectivity index (χ2n) is 22.4. The molecule has 0 fully saturated rings. The van der Waals surface area contributed by atoms with Crippen LogP contribution >= 0.6 is 7.82 Å². The van der Waals surface area contributed by atoms with Gasteiger partial charge in [0.2, 0.25) is 5.91 Å². The van der Waals surface area contributed by atoms with Gasteiger partial charge in [-0.05, 0) is 89.9 Å². The summed E-state index contributed by atoms with van der Waals surface area (Å²) in [4.78, 5) is 23.4. The molecule has 0 aromatic heterocycles. The zero-order valence-corrected chi connectivity index (χ0v) is 51.1.